The van der Waals surface area contributed by atoms with Crippen molar-refractivity contribution >= 4 is 11.4 Å². The predicted octanol–water partition coefficient (Wildman–Crippen LogP) is 2.08. The molecule has 0 heterocycles. The van der Waals surface area contributed by atoms with Crippen molar-refractivity contribution in [1.29, 1.82) is 0 Å². The summed E-state index contributed by atoms with van der Waals surface area (Å²) in [6, 6.07) is 5.74. The first-order valence-corrected chi connectivity index (χ1v) is 6.18. The second-order valence-electron chi connectivity index (χ2n) is 3.98. The molecule has 1 aromatic rings. The first-order valence-electron chi connectivity index (χ1n) is 6.18. The van der Waals surface area contributed by atoms with Gasteiger partial charge in [-0.1, -0.05) is 13.3 Å². The molecule has 0 spiro atoms. The first-order chi connectivity index (χ1) is 8.27. The van der Waals surface area contributed by atoms with Crippen molar-refractivity contribution in [2.24, 2.45) is 0 Å². The molecule has 4 heteroatoms. The highest BCUT2D eigenvalue weighted by molar-refractivity contribution is 5.68. The van der Waals surface area contributed by atoms with E-state index in [-0.39, 0.29) is 0 Å². The van der Waals surface area contributed by atoms with E-state index < -0.39 is 0 Å². The molecular formula is C13H23N3O. The van der Waals surface area contributed by atoms with Crippen LogP contribution in [0.2, 0.25) is 0 Å². The summed E-state index contributed by atoms with van der Waals surface area (Å²) in [5.41, 5.74) is 7.62. The minimum Gasteiger partial charge on any atom is -0.492 e. The molecule has 0 aliphatic rings. The van der Waals surface area contributed by atoms with Crippen molar-refractivity contribution < 1.29 is 4.74 Å². The number of nitrogens with two attached hydrogens (primary N) is 1. The van der Waals surface area contributed by atoms with E-state index in [1.54, 1.807) is 0 Å². The van der Waals surface area contributed by atoms with Crippen LogP contribution in [0.3, 0.4) is 0 Å². The van der Waals surface area contributed by atoms with Crippen LogP contribution in [0.1, 0.15) is 19.8 Å². The molecule has 0 aromatic heterocycles. The number of unbranched alkanes of at least 4 members (excludes halogenated alkanes) is 1. The largest absolute Gasteiger partial charge is 0.492 e. The third-order valence-electron chi connectivity index (χ3n) is 2.49. The van der Waals surface area contributed by atoms with Gasteiger partial charge in [0.2, 0.25) is 0 Å². The maximum absolute atomic E-state index is 5.90. The molecule has 1 aromatic carbocycles. The van der Waals surface area contributed by atoms with E-state index >= 15 is 0 Å². The van der Waals surface area contributed by atoms with Crippen molar-refractivity contribution in [3.63, 3.8) is 0 Å². The van der Waals surface area contributed by atoms with E-state index in [4.69, 9.17) is 10.5 Å². The van der Waals surface area contributed by atoms with Crippen LogP contribution in [0.15, 0.2) is 18.2 Å². The number of hydrogen-bond donors (Lipinski definition) is 3. The van der Waals surface area contributed by atoms with Crippen molar-refractivity contribution in [2.45, 2.75) is 19.8 Å². The van der Waals surface area contributed by atoms with Gasteiger partial charge in [-0.2, -0.15) is 0 Å². The van der Waals surface area contributed by atoms with E-state index in [1.807, 2.05) is 25.2 Å². The Kier molecular flexibility index (Phi) is 6.25. The fourth-order valence-electron chi connectivity index (χ4n) is 1.45. The summed E-state index contributed by atoms with van der Waals surface area (Å²) >= 11 is 0. The molecule has 0 aliphatic carbocycles. The molecule has 0 radical (unpaired) electrons. The van der Waals surface area contributed by atoms with Gasteiger partial charge in [-0.05, 0) is 25.6 Å². The molecule has 0 amide bonds. The molecule has 4 N–H and O–H groups in total. The lowest BCUT2D eigenvalue weighted by atomic mass is 10.2. The molecule has 96 valence electrons. The number of nitrogen functional groups attached to an aromatic ring is 1. The zero-order valence-corrected chi connectivity index (χ0v) is 10.8. The maximum atomic E-state index is 5.90. The molecule has 4 nitrogen and oxygen atoms in total. The maximum Gasteiger partial charge on any atom is 0.121 e. The fourth-order valence-corrected chi connectivity index (χ4v) is 1.45. The number of hydrogen-bond acceptors (Lipinski definition) is 4. The van der Waals surface area contributed by atoms with Gasteiger partial charge >= 0.3 is 0 Å². The van der Waals surface area contributed by atoms with Crippen molar-refractivity contribution in [1.82, 2.24) is 5.32 Å². The molecule has 0 unspecified atom stereocenters. The molecule has 0 bridgehead atoms. The lowest BCUT2D eigenvalue weighted by molar-refractivity contribution is 0.318. The lowest BCUT2D eigenvalue weighted by Gasteiger charge is -2.12. The van der Waals surface area contributed by atoms with Gasteiger partial charge in [0.1, 0.15) is 12.4 Å². The number of benzene rings is 1. The van der Waals surface area contributed by atoms with Gasteiger partial charge in [-0.15, -0.1) is 0 Å². The highest BCUT2D eigenvalue weighted by atomic mass is 16.5. The van der Waals surface area contributed by atoms with Crippen molar-refractivity contribution in [3.8, 4) is 5.75 Å². The summed E-state index contributed by atoms with van der Waals surface area (Å²) < 4.78 is 5.59. The average molecular weight is 237 g/mol. The van der Waals surface area contributed by atoms with Crippen LogP contribution in [0, 0.1) is 0 Å². The molecule has 0 fully saturated rings. The van der Waals surface area contributed by atoms with Crippen LogP contribution < -0.4 is 21.1 Å². The Bertz CT molecular complexity index is 328. The first kappa shape index (κ1) is 13.6. The second-order valence-corrected chi connectivity index (χ2v) is 3.98. The molecule has 17 heavy (non-hydrogen) atoms. The monoisotopic (exact) mass is 237 g/mol. The van der Waals surface area contributed by atoms with Crippen LogP contribution in [-0.4, -0.2) is 26.7 Å². The Morgan fingerprint density at radius 2 is 2.12 bits per heavy atom. The van der Waals surface area contributed by atoms with Crippen molar-refractivity contribution in [3.05, 3.63) is 18.2 Å². The van der Waals surface area contributed by atoms with E-state index in [0.717, 1.165) is 36.6 Å². The van der Waals surface area contributed by atoms with Gasteiger partial charge in [-0.25, -0.2) is 0 Å². The Hall–Kier alpha value is -1.42. The summed E-state index contributed by atoms with van der Waals surface area (Å²) in [4.78, 5) is 0. The Balaban J connectivity index is 2.53. The van der Waals surface area contributed by atoms with Gasteiger partial charge in [-0.3, -0.25) is 0 Å². The van der Waals surface area contributed by atoms with Crippen LogP contribution in [0.25, 0.3) is 0 Å². The zero-order chi connectivity index (χ0) is 12.5. The van der Waals surface area contributed by atoms with E-state index in [1.165, 1.54) is 6.42 Å². The molecule has 0 atom stereocenters. The predicted molar refractivity (Wildman–Crippen MR) is 73.7 cm³/mol. The smallest absolute Gasteiger partial charge is 0.121 e. The van der Waals surface area contributed by atoms with E-state index in [9.17, 15) is 0 Å². The normalized spacial score (nSPS) is 10.2. The van der Waals surface area contributed by atoms with E-state index in [0.29, 0.717) is 6.61 Å². The molecule has 0 aliphatic heterocycles. The fraction of sp³-hybridized carbons (Fsp3) is 0.538. The number of nitrogens with one attached hydrogen (secondary N) is 2. The summed E-state index contributed by atoms with van der Waals surface area (Å²) in [5.74, 6) is 0.855. The van der Waals surface area contributed by atoms with Gasteiger partial charge < -0.3 is 21.1 Å². The number of likely N-dealkylation sites (N-methyl/N-ethyl adjacent to an activating group) is 1. The quantitative estimate of drug-likeness (QED) is 0.478. The van der Waals surface area contributed by atoms with Crippen LogP contribution in [-0.2, 0) is 0 Å². The van der Waals surface area contributed by atoms with E-state index in [2.05, 4.69) is 17.6 Å². The molecule has 0 saturated heterocycles. The molecule has 0 saturated carbocycles. The topological polar surface area (TPSA) is 59.3 Å². The summed E-state index contributed by atoms with van der Waals surface area (Å²) in [7, 11) is 1.91. The highest BCUT2D eigenvalue weighted by Gasteiger charge is 2.01. The SMILES string of the molecule is CCCCNc1cc(OCCNC)ccc1N. The summed E-state index contributed by atoms with van der Waals surface area (Å²) in [5, 5.41) is 6.36. The summed E-state index contributed by atoms with van der Waals surface area (Å²) in [6.07, 6.45) is 2.32. The van der Waals surface area contributed by atoms with Gasteiger partial charge in [0.25, 0.3) is 0 Å². The third kappa shape index (κ3) is 4.95. The Morgan fingerprint density at radius 1 is 1.29 bits per heavy atom. The Labute approximate surface area is 104 Å². The van der Waals surface area contributed by atoms with Gasteiger partial charge in [0.05, 0.1) is 11.4 Å². The van der Waals surface area contributed by atoms with Crippen LogP contribution in [0.5, 0.6) is 5.75 Å². The minimum atomic E-state index is 0.662. The zero-order valence-electron chi connectivity index (χ0n) is 10.8. The van der Waals surface area contributed by atoms with Gasteiger partial charge in [0, 0.05) is 19.2 Å². The second kappa shape index (κ2) is 7.79. The van der Waals surface area contributed by atoms with Crippen LogP contribution >= 0.6 is 0 Å². The minimum absolute atomic E-state index is 0.662. The third-order valence-corrected chi connectivity index (χ3v) is 2.49. The number of anilines is 2. The molecular weight excluding hydrogens is 214 g/mol. The van der Waals surface area contributed by atoms with Crippen LogP contribution in [0.4, 0.5) is 11.4 Å². The van der Waals surface area contributed by atoms with Gasteiger partial charge in [0.15, 0.2) is 0 Å². The highest BCUT2D eigenvalue weighted by Crippen LogP contribution is 2.24. The number of ether oxygens (including phenoxy) is 1. The van der Waals surface area contributed by atoms with Crippen molar-refractivity contribution in [2.75, 3.05) is 37.8 Å². The summed E-state index contributed by atoms with van der Waals surface area (Å²) in [6.45, 7) is 4.61. The molecule has 1 rings (SSSR count). The Morgan fingerprint density at radius 3 is 2.82 bits per heavy atom. The standard InChI is InChI=1S/C13H23N3O/c1-3-4-7-16-13-10-11(5-6-12(13)14)17-9-8-15-2/h5-6,10,15-16H,3-4,7-9,14H2,1-2H3. The lowest BCUT2D eigenvalue weighted by Crippen LogP contribution is -2.16. The number of rotatable bonds is 8. The average Bonchev–Trinajstić information content (AvgIpc) is 2.33.